The highest BCUT2D eigenvalue weighted by atomic mass is 32.2. The second-order valence-corrected chi connectivity index (χ2v) is 5.62. The van der Waals surface area contributed by atoms with Crippen molar-refractivity contribution in [2.45, 2.75) is 25.5 Å². The highest BCUT2D eigenvalue weighted by molar-refractivity contribution is 7.89. The molecule has 0 aliphatic rings. The van der Waals surface area contributed by atoms with E-state index in [1.165, 1.54) is 13.8 Å². The molecule has 4 nitrogen and oxygen atoms in total. The summed E-state index contributed by atoms with van der Waals surface area (Å²) in [5.41, 5.74) is 5.15. The van der Waals surface area contributed by atoms with Gasteiger partial charge < -0.3 is 5.73 Å². The first kappa shape index (κ1) is 13.7. The molecular weight excluding hydrogens is 214 g/mol. The molecule has 86 valence electrons. The van der Waals surface area contributed by atoms with Crippen LogP contribution in [0.4, 0.5) is 8.78 Å². The molecule has 0 spiro atoms. The van der Waals surface area contributed by atoms with Gasteiger partial charge >= 0.3 is 0 Å². The molecule has 0 fully saturated rings. The van der Waals surface area contributed by atoms with E-state index >= 15 is 0 Å². The fourth-order valence-corrected chi connectivity index (χ4v) is 2.20. The van der Waals surface area contributed by atoms with E-state index in [0.29, 0.717) is 0 Å². The summed E-state index contributed by atoms with van der Waals surface area (Å²) in [5, 5.41) is -0.701. The van der Waals surface area contributed by atoms with Gasteiger partial charge in [-0.3, -0.25) is 0 Å². The van der Waals surface area contributed by atoms with E-state index in [0.717, 1.165) is 4.31 Å². The van der Waals surface area contributed by atoms with E-state index in [9.17, 15) is 17.2 Å². The topological polar surface area (TPSA) is 63.4 Å². The van der Waals surface area contributed by atoms with Crippen molar-refractivity contribution in [3.05, 3.63) is 0 Å². The molecule has 0 radical (unpaired) electrons. The minimum atomic E-state index is -3.62. The normalized spacial score (nSPS) is 13.1. The predicted octanol–water partition coefficient (Wildman–Crippen LogP) is 0.250. The SMILES string of the molecule is CC(C)S(=O)(=O)N(CCN)CC(F)F. The zero-order valence-corrected chi connectivity index (χ0v) is 9.10. The van der Waals surface area contributed by atoms with Gasteiger partial charge in [-0.2, -0.15) is 4.31 Å². The third kappa shape index (κ3) is 3.85. The quantitative estimate of drug-likeness (QED) is 0.711. The van der Waals surface area contributed by atoms with Crippen LogP contribution in [0.3, 0.4) is 0 Å². The Balaban J connectivity index is 4.64. The molecule has 0 bridgehead atoms. The molecule has 0 amide bonds. The molecule has 2 N–H and O–H groups in total. The number of nitrogens with zero attached hydrogens (tertiary/aromatic N) is 1. The highest BCUT2D eigenvalue weighted by Crippen LogP contribution is 2.10. The van der Waals surface area contributed by atoms with Crippen molar-refractivity contribution in [2.75, 3.05) is 19.6 Å². The highest BCUT2D eigenvalue weighted by Gasteiger charge is 2.27. The first-order chi connectivity index (χ1) is 6.32. The fourth-order valence-electron chi connectivity index (χ4n) is 0.918. The van der Waals surface area contributed by atoms with Gasteiger partial charge in [0, 0.05) is 13.1 Å². The van der Waals surface area contributed by atoms with Gasteiger partial charge in [-0.1, -0.05) is 0 Å². The third-order valence-electron chi connectivity index (χ3n) is 1.68. The van der Waals surface area contributed by atoms with Crippen molar-refractivity contribution in [3.8, 4) is 0 Å². The van der Waals surface area contributed by atoms with Gasteiger partial charge in [0.1, 0.15) is 0 Å². The lowest BCUT2D eigenvalue weighted by Gasteiger charge is -2.23. The summed E-state index contributed by atoms with van der Waals surface area (Å²) in [6.45, 7) is 2.09. The van der Waals surface area contributed by atoms with Crippen LogP contribution in [0.2, 0.25) is 0 Å². The smallest absolute Gasteiger partial charge is 0.252 e. The third-order valence-corrected chi connectivity index (χ3v) is 3.92. The summed E-state index contributed by atoms with van der Waals surface area (Å²) in [5.74, 6) is 0. The summed E-state index contributed by atoms with van der Waals surface area (Å²) in [6, 6.07) is 0. The average molecular weight is 230 g/mol. The minimum absolute atomic E-state index is 0.0403. The Kier molecular flexibility index (Phi) is 5.46. The van der Waals surface area contributed by atoms with Crippen LogP contribution in [0.15, 0.2) is 0 Å². The van der Waals surface area contributed by atoms with Crippen LogP contribution in [0, 0.1) is 0 Å². The molecule has 14 heavy (non-hydrogen) atoms. The summed E-state index contributed by atoms with van der Waals surface area (Å²) in [6.07, 6.45) is -2.67. The van der Waals surface area contributed by atoms with E-state index in [1.54, 1.807) is 0 Å². The van der Waals surface area contributed by atoms with Gasteiger partial charge in [0.05, 0.1) is 11.8 Å². The number of hydrogen-bond donors (Lipinski definition) is 1. The Bertz CT molecular complexity index is 254. The van der Waals surface area contributed by atoms with Gasteiger partial charge in [0.25, 0.3) is 6.43 Å². The van der Waals surface area contributed by atoms with E-state index in [2.05, 4.69) is 0 Å². The fraction of sp³-hybridized carbons (Fsp3) is 1.00. The molecule has 0 atom stereocenters. The lowest BCUT2D eigenvalue weighted by Crippen LogP contribution is -2.42. The second kappa shape index (κ2) is 5.57. The van der Waals surface area contributed by atoms with Crippen LogP contribution in [-0.2, 0) is 10.0 Å². The Morgan fingerprint density at radius 2 is 1.86 bits per heavy atom. The predicted molar refractivity (Wildman–Crippen MR) is 50.7 cm³/mol. The second-order valence-electron chi connectivity index (χ2n) is 3.13. The zero-order valence-electron chi connectivity index (χ0n) is 8.28. The maximum Gasteiger partial charge on any atom is 0.252 e. The molecule has 0 aromatic carbocycles. The van der Waals surface area contributed by atoms with Crippen molar-refractivity contribution in [1.29, 1.82) is 0 Å². The summed E-state index contributed by atoms with van der Waals surface area (Å²) < 4.78 is 47.8. The number of sulfonamides is 1. The van der Waals surface area contributed by atoms with Crippen LogP contribution >= 0.6 is 0 Å². The Morgan fingerprint density at radius 3 is 2.14 bits per heavy atom. The standard InChI is InChI=1S/C7H16F2N2O2S/c1-6(2)14(12,13)11(4-3-10)5-7(8)9/h6-7H,3-5,10H2,1-2H3. The maximum absolute atomic E-state index is 12.1. The summed E-state index contributed by atoms with van der Waals surface area (Å²) in [7, 11) is -3.62. The molecule has 0 unspecified atom stereocenters. The number of rotatable bonds is 6. The Labute approximate surface area is 83.1 Å². The minimum Gasteiger partial charge on any atom is -0.329 e. The van der Waals surface area contributed by atoms with Crippen LogP contribution in [0.1, 0.15) is 13.8 Å². The van der Waals surface area contributed by atoms with Crippen LogP contribution in [0.25, 0.3) is 0 Å². The van der Waals surface area contributed by atoms with Crippen molar-refractivity contribution >= 4 is 10.0 Å². The van der Waals surface area contributed by atoms with Crippen molar-refractivity contribution in [2.24, 2.45) is 5.73 Å². The molecule has 0 aliphatic carbocycles. The molecule has 0 aromatic rings. The molecule has 0 saturated heterocycles. The van der Waals surface area contributed by atoms with E-state index < -0.39 is 28.2 Å². The van der Waals surface area contributed by atoms with Gasteiger partial charge in [0.15, 0.2) is 0 Å². The first-order valence-electron chi connectivity index (χ1n) is 4.29. The number of alkyl halides is 2. The molecule has 0 heterocycles. The summed E-state index contributed by atoms with van der Waals surface area (Å²) in [4.78, 5) is 0. The van der Waals surface area contributed by atoms with Gasteiger partial charge in [-0.25, -0.2) is 17.2 Å². The van der Waals surface area contributed by atoms with E-state index in [-0.39, 0.29) is 13.1 Å². The molecule has 0 aliphatic heterocycles. The van der Waals surface area contributed by atoms with E-state index in [1.807, 2.05) is 0 Å². The van der Waals surface area contributed by atoms with Crippen molar-refractivity contribution < 1.29 is 17.2 Å². The number of hydrogen-bond acceptors (Lipinski definition) is 3. The van der Waals surface area contributed by atoms with Crippen LogP contribution in [0.5, 0.6) is 0 Å². The number of nitrogens with two attached hydrogens (primary N) is 1. The van der Waals surface area contributed by atoms with Crippen molar-refractivity contribution in [1.82, 2.24) is 4.31 Å². The Morgan fingerprint density at radius 1 is 1.36 bits per heavy atom. The van der Waals surface area contributed by atoms with Crippen molar-refractivity contribution in [3.63, 3.8) is 0 Å². The average Bonchev–Trinajstić information content (AvgIpc) is 2.02. The zero-order chi connectivity index (χ0) is 11.4. The van der Waals surface area contributed by atoms with Gasteiger partial charge in [-0.15, -0.1) is 0 Å². The lowest BCUT2D eigenvalue weighted by atomic mass is 10.6. The number of halogens is 2. The first-order valence-corrected chi connectivity index (χ1v) is 5.79. The lowest BCUT2D eigenvalue weighted by molar-refractivity contribution is 0.120. The van der Waals surface area contributed by atoms with Gasteiger partial charge in [-0.05, 0) is 13.8 Å². The molecule has 0 aromatic heterocycles. The van der Waals surface area contributed by atoms with E-state index in [4.69, 9.17) is 5.73 Å². The molecular formula is C7H16F2N2O2S. The summed E-state index contributed by atoms with van der Waals surface area (Å²) >= 11 is 0. The molecule has 7 heteroatoms. The Hall–Kier alpha value is -0.270. The van der Waals surface area contributed by atoms with Crippen LogP contribution < -0.4 is 5.73 Å². The monoisotopic (exact) mass is 230 g/mol. The largest absolute Gasteiger partial charge is 0.329 e. The van der Waals surface area contributed by atoms with Gasteiger partial charge in [0.2, 0.25) is 10.0 Å². The van der Waals surface area contributed by atoms with Crippen LogP contribution in [-0.4, -0.2) is 44.0 Å². The maximum atomic E-state index is 12.1. The molecule has 0 rings (SSSR count). The molecule has 0 saturated carbocycles.